The third-order valence-electron chi connectivity index (χ3n) is 2.72. The van der Waals surface area contributed by atoms with Crippen molar-refractivity contribution in [1.82, 2.24) is 4.98 Å². The Morgan fingerprint density at radius 1 is 1.50 bits per heavy atom. The van der Waals surface area contributed by atoms with Crippen molar-refractivity contribution in [3.63, 3.8) is 0 Å². The van der Waals surface area contributed by atoms with Gasteiger partial charge in [0, 0.05) is 16.3 Å². The first-order chi connectivity index (χ1) is 9.38. The maximum atomic E-state index is 11.0. The van der Waals surface area contributed by atoms with Crippen LogP contribution in [0.1, 0.15) is 19.5 Å². The Morgan fingerprint density at radius 3 is 2.90 bits per heavy atom. The normalized spacial score (nSPS) is 11.6. The van der Waals surface area contributed by atoms with Gasteiger partial charge in [0.2, 0.25) is 5.89 Å². The van der Waals surface area contributed by atoms with Gasteiger partial charge in [-0.25, -0.2) is 4.98 Å². The van der Waals surface area contributed by atoms with Gasteiger partial charge in [0.1, 0.15) is 11.0 Å². The molecular formula is C14H14ClNO3S. The summed E-state index contributed by atoms with van der Waals surface area (Å²) < 4.78 is 4.55. The number of aromatic nitrogens is 1. The number of oxazole rings is 1. The second-order valence-corrected chi connectivity index (χ2v) is 6.79. The second kappa shape index (κ2) is 5.89. The molecule has 2 rings (SSSR count). The number of hydrogen-bond acceptors (Lipinski definition) is 4. The number of hydrogen-bond donors (Lipinski definition) is 1. The molecule has 0 radical (unpaired) electrons. The molecule has 1 heterocycles. The maximum Gasteiger partial charge on any atom is 0.319 e. The smallest absolute Gasteiger partial charge is 0.319 e. The van der Waals surface area contributed by atoms with Gasteiger partial charge >= 0.3 is 5.97 Å². The Hall–Kier alpha value is -1.46. The van der Waals surface area contributed by atoms with E-state index in [1.54, 1.807) is 32.2 Å². The van der Waals surface area contributed by atoms with E-state index in [2.05, 4.69) is 4.98 Å². The molecule has 0 unspecified atom stereocenters. The first kappa shape index (κ1) is 14.9. The predicted octanol–water partition coefficient (Wildman–Crippen LogP) is 4.09. The summed E-state index contributed by atoms with van der Waals surface area (Å²) in [5.74, 6) is 0.112. The second-order valence-electron chi connectivity index (χ2n) is 4.76. The predicted molar refractivity (Wildman–Crippen MR) is 80.0 cm³/mol. The van der Waals surface area contributed by atoms with Crippen molar-refractivity contribution >= 4 is 29.3 Å². The summed E-state index contributed by atoms with van der Waals surface area (Å²) in [4.78, 5) is 15.4. The van der Waals surface area contributed by atoms with Crippen LogP contribution in [-0.4, -0.2) is 20.8 Å². The summed E-state index contributed by atoms with van der Waals surface area (Å²) in [6.07, 6.45) is 1.54. The van der Waals surface area contributed by atoms with Gasteiger partial charge in [0.05, 0.1) is 5.69 Å². The highest BCUT2D eigenvalue weighted by atomic mass is 35.5. The molecule has 0 aliphatic carbocycles. The van der Waals surface area contributed by atoms with Crippen LogP contribution in [0.4, 0.5) is 0 Å². The molecule has 4 nitrogen and oxygen atoms in total. The van der Waals surface area contributed by atoms with Crippen molar-refractivity contribution in [3.8, 4) is 11.5 Å². The van der Waals surface area contributed by atoms with Gasteiger partial charge in [-0.2, -0.15) is 0 Å². The SMILES string of the molecule is CC(C)(SCc1coc(-c2cccc(Cl)c2)n1)C(=O)O. The van der Waals surface area contributed by atoms with Crippen molar-refractivity contribution in [3.05, 3.63) is 41.2 Å². The first-order valence-electron chi connectivity index (χ1n) is 5.96. The Balaban J connectivity index is 2.08. The molecule has 0 atom stereocenters. The zero-order valence-corrected chi connectivity index (χ0v) is 12.7. The van der Waals surface area contributed by atoms with E-state index in [-0.39, 0.29) is 0 Å². The Bertz CT molecular complexity index is 624. The van der Waals surface area contributed by atoms with Crippen LogP contribution in [0.5, 0.6) is 0 Å². The van der Waals surface area contributed by atoms with Crippen LogP contribution in [0.15, 0.2) is 34.9 Å². The van der Waals surface area contributed by atoms with Crippen molar-refractivity contribution in [2.45, 2.75) is 24.3 Å². The van der Waals surface area contributed by atoms with Gasteiger partial charge in [0.25, 0.3) is 0 Å². The van der Waals surface area contributed by atoms with Gasteiger partial charge in [-0.05, 0) is 32.0 Å². The van der Waals surface area contributed by atoms with E-state index in [9.17, 15) is 4.79 Å². The third-order valence-corrected chi connectivity index (χ3v) is 4.29. The molecule has 1 aromatic carbocycles. The summed E-state index contributed by atoms with van der Waals surface area (Å²) in [7, 11) is 0. The highest BCUT2D eigenvalue weighted by Gasteiger charge is 2.27. The quantitative estimate of drug-likeness (QED) is 0.901. The Morgan fingerprint density at radius 2 is 2.25 bits per heavy atom. The molecule has 0 aliphatic heterocycles. The first-order valence-corrected chi connectivity index (χ1v) is 7.32. The van der Waals surface area contributed by atoms with Crippen molar-refractivity contribution in [2.24, 2.45) is 0 Å². The topological polar surface area (TPSA) is 63.3 Å². The average Bonchev–Trinajstić information content (AvgIpc) is 2.85. The number of carboxylic acid groups (broad SMARTS) is 1. The molecule has 0 saturated heterocycles. The van der Waals surface area contributed by atoms with E-state index in [0.29, 0.717) is 22.4 Å². The van der Waals surface area contributed by atoms with E-state index in [1.807, 2.05) is 12.1 Å². The molecule has 0 bridgehead atoms. The molecule has 6 heteroatoms. The number of carboxylic acids is 1. The minimum atomic E-state index is -0.852. The van der Waals surface area contributed by atoms with Crippen molar-refractivity contribution in [2.75, 3.05) is 0 Å². The van der Waals surface area contributed by atoms with Crippen LogP contribution in [0.25, 0.3) is 11.5 Å². The van der Waals surface area contributed by atoms with Crippen LogP contribution >= 0.6 is 23.4 Å². The summed E-state index contributed by atoms with van der Waals surface area (Å²) in [6.45, 7) is 3.33. The molecule has 20 heavy (non-hydrogen) atoms. The van der Waals surface area contributed by atoms with E-state index >= 15 is 0 Å². The highest BCUT2D eigenvalue weighted by molar-refractivity contribution is 8.00. The molecule has 0 spiro atoms. The maximum absolute atomic E-state index is 11.0. The Kier molecular flexibility index (Phi) is 4.40. The largest absolute Gasteiger partial charge is 0.480 e. The van der Waals surface area contributed by atoms with Crippen LogP contribution in [0.3, 0.4) is 0 Å². The number of halogens is 1. The van der Waals surface area contributed by atoms with Gasteiger partial charge < -0.3 is 9.52 Å². The van der Waals surface area contributed by atoms with E-state index < -0.39 is 10.7 Å². The van der Waals surface area contributed by atoms with Gasteiger partial charge in [-0.1, -0.05) is 17.7 Å². The van der Waals surface area contributed by atoms with Gasteiger partial charge in [0.15, 0.2) is 0 Å². The summed E-state index contributed by atoms with van der Waals surface area (Å²) in [5, 5.41) is 9.67. The number of carbonyl (C=O) groups is 1. The van der Waals surface area contributed by atoms with Crippen LogP contribution < -0.4 is 0 Å². The van der Waals surface area contributed by atoms with Crippen molar-refractivity contribution < 1.29 is 14.3 Å². The van der Waals surface area contributed by atoms with Gasteiger partial charge in [-0.15, -0.1) is 11.8 Å². The number of nitrogens with zero attached hydrogens (tertiary/aromatic N) is 1. The number of thioether (sulfide) groups is 1. The molecule has 0 saturated carbocycles. The monoisotopic (exact) mass is 311 g/mol. The van der Waals surface area contributed by atoms with Crippen molar-refractivity contribution in [1.29, 1.82) is 0 Å². The molecule has 1 N–H and O–H groups in total. The molecule has 0 fully saturated rings. The standard InChI is InChI=1S/C14H14ClNO3S/c1-14(2,13(17)18)20-8-11-7-19-12(16-11)9-4-3-5-10(15)6-9/h3-7H,8H2,1-2H3,(H,17,18). The minimum absolute atomic E-state index is 0.476. The number of aliphatic carboxylic acids is 1. The molecule has 1 aromatic heterocycles. The zero-order valence-electron chi connectivity index (χ0n) is 11.1. The van der Waals surface area contributed by atoms with Gasteiger partial charge in [-0.3, -0.25) is 4.79 Å². The molecule has 0 aliphatic rings. The summed E-state index contributed by atoms with van der Waals surface area (Å²) >= 11 is 7.22. The molecule has 106 valence electrons. The van der Waals surface area contributed by atoms with Crippen LogP contribution in [0.2, 0.25) is 5.02 Å². The van der Waals surface area contributed by atoms with Crippen LogP contribution in [-0.2, 0) is 10.5 Å². The molecule has 2 aromatic rings. The van der Waals surface area contributed by atoms with E-state index in [4.69, 9.17) is 21.1 Å². The Labute approximate surface area is 126 Å². The highest BCUT2D eigenvalue weighted by Crippen LogP contribution is 2.29. The van der Waals surface area contributed by atoms with E-state index in [0.717, 1.165) is 5.56 Å². The van der Waals surface area contributed by atoms with Crippen LogP contribution in [0, 0.1) is 0 Å². The molecular weight excluding hydrogens is 298 g/mol. The summed E-state index contributed by atoms with van der Waals surface area (Å²) in [6, 6.07) is 7.23. The lowest BCUT2D eigenvalue weighted by Crippen LogP contribution is -2.27. The zero-order chi connectivity index (χ0) is 14.8. The van der Waals surface area contributed by atoms with E-state index in [1.165, 1.54) is 11.8 Å². The summed E-state index contributed by atoms with van der Waals surface area (Å²) in [5.41, 5.74) is 1.51. The number of benzene rings is 1. The lowest BCUT2D eigenvalue weighted by molar-refractivity contribution is -0.138. The number of rotatable bonds is 5. The third kappa shape index (κ3) is 3.55. The fourth-order valence-electron chi connectivity index (χ4n) is 1.44. The average molecular weight is 312 g/mol. The lowest BCUT2D eigenvalue weighted by Gasteiger charge is -2.17. The molecule has 0 amide bonds. The lowest BCUT2D eigenvalue weighted by atomic mass is 10.2. The minimum Gasteiger partial charge on any atom is -0.480 e. The fourth-order valence-corrected chi connectivity index (χ4v) is 2.40. The fraction of sp³-hybridized carbons (Fsp3) is 0.286.